The molecule has 0 bridgehead atoms. The number of likely N-dealkylation sites (tertiary alicyclic amines) is 1. The molecule has 1 saturated carbocycles. The molecule has 0 aromatic heterocycles. The minimum absolute atomic E-state index is 0.176. The molecule has 4 heteroatoms. The van der Waals surface area contributed by atoms with Crippen LogP contribution in [0.4, 0.5) is 0 Å². The van der Waals surface area contributed by atoms with E-state index in [9.17, 15) is 9.90 Å². The summed E-state index contributed by atoms with van der Waals surface area (Å²) in [6, 6.07) is 0.805. The van der Waals surface area contributed by atoms with Crippen molar-refractivity contribution in [3.8, 4) is 0 Å². The standard InChI is InChI=1S/C17H32N2O2/c1-17(2,3)12-6-7-14(16(20)21)15(10-12)19-9-8-13(11-19)18(4)5/h12-15H,6-11H2,1-5H3,(H,20,21). The topological polar surface area (TPSA) is 43.8 Å². The fourth-order valence-corrected chi connectivity index (χ4v) is 4.12. The van der Waals surface area contributed by atoms with Gasteiger partial charge in [-0.2, -0.15) is 0 Å². The van der Waals surface area contributed by atoms with Gasteiger partial charge in [-0.05, 0) is 51.1 Å². The van der Waals surface area contributed by atoms with Crippen LogP contribution in [0.25, 0.3) is 0 Å². The van der Waals surface area contributed by atoms with Crippen molar-refractivity contribution in [1.29, 1.82) is 0 Å². The summed E-state index contributed by atoms with van der Waals surface area (Å²) in [5.74, 6) is -0.137. The smallest absolute Gasteiger partial charge is 0.308 e. The van der Waals surface area contributed by atoms with Gasteiger partial charge in [0.25, 0.3) is 0 Å². The molecule has 2 fully saturated rings. The maximum Gasteiger partial charge on any atom is 0.308 e. The lowest BCUT2D eigenvalue weighted by Crippen LogP contribution is -2.48. The van der Waals surface area contributed by atoms with Crippen LogP contribution in [-0.4, -0.2) is 60.1 Å². The predicted molar refractivity (Wildman–Crippen MR) is 85.4 cm³/mol. The third kappa shape index (κ3) is 3.78. The van der Waals surface area contributed by atoms with Gasteiger partial charge in [-0.25, -0.2) is 0 Å². The Hall–Kier alpha value is -0.610. The zero-order chi connectivity index (χ0) is 15.8. The van der Waals surface area contributed by atoms with Crippen molar-refractivity contribution in [2.75, 3.05) is 27.2 Å². The number of hydrogen-bond acceptors (Lipinski definition) is 3. The van der Waals surface area contributed by atoms with Crippen LogP contribution < -0.4 is 0 Å². The summed E-state index contributed by atoms with van der Waals surface area (Å²) in [6.45, 7) is 8.96. The van der Waals surface area contributed by atoms with E-state index in [0.29, 0.717) is 12.0 Å². The lowest BCUT2D eigenvalue weighted by Gasteiger charge is -2.44. The molecule has 2 rings (SSSR count). The summed E-state index contributed by atoms with van der Waals surface area (Å²) < 4.78 is 0. The van der Waals surface area contributed by atoms with Gasteiger partial charge in [-0.1, -0.05) is 20.8 Å². The van der Waals surface area contributed by atoms with Gasteiger partial charge >= 0.3 is 5.97 Å². The highest BCUT2D eigenvalue weighted by atomic mass is 16.4. The lowest BCUT2D eigenvalue weighted by molar-refractivity contribution is -0.146. The van der Waals surface area contributed by atoms with E-state index in [0.717, 1.165) is 38.8 Å². The first-order valence-corrected chi connectivity index (χ1v) is 8.33. The summed E-state index contributed by atoms with van der Waals surface area (Å²) in [5.41, 5.74) is 0.280. The second kappa shape index (κ2) is 6.25. The van der Waals surface area contributed by atoms with Crippen LogP contribution in [0.1, 0.15) is 46.5 Å². The number of carboxylic acids is 1. The molecule has 122 valence electrons. The molecule has 0 amide bonds. The van der Waals surface area contributed by atoms with E-state index >= 15 is 0 Å². The number of rotatable bonds is 3. The molecule has 1 aliphatic carbocycles. The summed E-state index contributed by atoms with van der Waals surface area (Å²) >= 11 is 0. The molecule has 4 unspecified atom stereocenters. The van der Waals surface area contributed by atoms with Crippen molar-refractivity contribution in [2.24, 2.45) is 17.3 Å². The SMILES string of the molecule is CN(C)C1CCN(C2CC(C(C)(C)C)CCC2C(=O)O)C1. The van der Waals surface area contributed by atoms with Gasteiger partial charge in [0.2, 0.25) is 0 Å². The zero-order valence-electron chi connectivity index (χ0n) is 14.3. The Morgan fingerprint density at radius 1 is 1.19 bits per heavy atom. The van der Waals surface area contributed by atoms with E-state index in [1.54, 1.807) is 0 Å². The lowest BCUT2D eigenvalue weighted by atomic mass is 9.67. The van der Waals surface area contributed by atoms with E-state index in [2.05, 4.69) is 44.7 Å². The largest absolute Gasteiger partial charge is 0.481 e. The number of likely N-dealkylation sites (N-methyl/N-ethyl adjacent to an activating group) is 1. The first-order valence-electron chi connectivity index (χ1n) is 8.33. The monoisotopic (exact) mass is 296 g/mol. The third-order valence-corrected chi connectivity index (χ3v) is 5.75. The Bertz CT molecular complexity index is 375. The van der Waals surface area contributed by atoms with E-state index in [-0.39, 0.29) is 17.4 Å². The number of hydrogen-bond donors (Lipinski definition) is 1. The van der Waals surface area contributed by atoms with E-state index in [4.69, 9.17) is 0 Å². The van der Waals surface area contributed by atoms with Crippen LogP contribution in [0.2, 0.25) is 0 Å². The van der Waals surface area contributed by atoms with Gasteiger partial charge in [0.05, 0.1) is 5.92 Å². The average molecular weight is 296 g/mol. The fraction of sp³-hybridized carbons (Fsp3) is 0.941. The van der Waals surface area contributed by atoms with Gasteiger partial charge in [0.1, 0.15) is 0 Å². The third-order valence-electron chi connectivity index (χ3n) is 5.75. The molecule has 4 nitrogen and oxygen atoms in total. The van der Waals surface area contributed by atoms with Crippen molar-refractivity contribution in [1.82, 2.24) is 9.80 Å². The van der Waals surface area contributed by atoms with Gasteiger partial charge in [-0.3, -0.25) is 9.69 Å². The van der Waals surface area contributed by atoms with E-state index < -0.39 is 5.97 Å². The minimum atomic E-state index is -0.597. The molecular weight excluding hydrogens is 264 g/mol. The van der Waals surface area contributed by atoms with Crippen LogP contribution in [0.15, 0.2) is 0 Å². The zero-order valence-corrected chi connectivity index (χ0v) is 14.3. The highest BCUT2D eigenvalue weighted by molar-refractivity contribution is 5.71. The van der Waals surface area contributed by atoms with Crippen LogP contribution in [0, 0.1) is 17.3 Å². The van der Waals surface area contributed by atoms with E-state index in [1.165, 1.54) is 0 Å². The highest BCUT2D eigenvalue weighted by Gasteiger charge is 2.43. The van der Waals surface area contributed by atoms with Gasteiger partial charge in [0, 0.05) is 25.2 Å². The van der Waals surface area contributed by atoms with Crippen LogP contribution in [-0.2, 0) is 4.79 Å². The van der Waals surface area contributed by atoms with Crippen molar-refractivity contribution in [3.63, 3.8) is 0 Å². The molecule has 4 atom stereocenters. The van der Waals surface area contributed by atoms with Crippen molar-refractivity contribution >= 4 is 5.97 Å². The highest BCUT2D eigenvalue weighted by Crippen LogP contribution is 2.42. The van der Waals surface area contributed by atoms with Crippen LogP contribution in [0.3, 0.4) is 0 Å². The molecule has 1 aliphatic heterocycles. The maximum absolute atomic E-state index is 11.7. The first-order chi connectivity index (χ1) is 9.70. The molecule has 1 saturated heterocycles. The molecule has 0 radical (unpaired) electrons. The summed E-state index contributed by atoms with van der Waals surface area (Å²) in [4.78, 5) is 16.4. The fourth-order valence-electron chi connectivity index (χ4n) is 4.12. The summed E-state index contributed by atoms with van der Waals surface area (Å²) in [7, 11) is 4.25. The van der Waals surface area contributed by atoms with Gasteiger partial charge in [0.15, 0.2) is 0 Å². The molecule has 0 aromatic rings. The Morgan fingerprint density at radius 2 is 1.86 bits per heavy atom. The number of carbonyl (C=O) groups is 1. The van der Waals surface area contributed by atoms with Crippen LogP contribution in [0.5, 0.6) is 0 Å². The Balaban J connectivity index is 2.10. The number of aliphatic carboxylic acids is 1. The van der Waals surface area contributed by atoms with Crippen molar-refractivity contribution in [2.45, 2.75) is 58.5 Å². The molecular formula is C17H32N2O2. The minimum Gasteiger partial charge on any atom is -0.481 e. The molecule has 1 N–H and O–H groups in total. The predicted octanol–water partition coefficient (Wildman–Crippen LogP) is 2.54. The summed E-state index contributed by atoms with van der Waals surface area (Å²) in [5, 5.41) is 9.60. The second-order valence-electron chi connectivity index (χ2n) is 8.29. The van der Waals surface area contributed by atoms with Crippen molar-refractivity contribution < 1.29 is 9.90 Å². The molecule has 0 aromatic carbocycles. The van der Waals surface area contributed by atoms with Crippen molar-refractivity contribution in [3.05, 3.63) is 0 Å². The van der Waals surface area contributed by atoms with Gasteiger partial charge < -0.3 is 10.0 Å². The molecule has 0 spiro atoms. The quantitative estimate of drug-likeness (QED) is 0.869. The first kappa shape index (κ1) is 16.8. The maximum atomic E-state index is 11.7. The normalized spacial score (nSPS) is 35.3. The molecule has 1 heterocycles. The summed E-state index contributed by atoms with van der Waals surface area (Å²) in [6.07, 6.45) is 4.10. The number of nitrogens with zero attached hydrogens (tertiary/aromatic N) is 2. The van der Waals surface area contributed by atoms with E-state index in [1.807, 2.05) is 0 Å². The molecule has 2 aliphatic rings. The Kier molecular flexibility index (Phi) is 4.99. The van der Waals surface area contributed by atoms with Gasteiger partial charge in [-0.15, -0.1) is 0 Å². The molecule has 21 heavy (non-hydrogen) atoms. The second-order valence-corrected chi connectivity index (χ2v) is 8.29. The van der Waals surface area contributed by atoms with Crippen LogP contribution >= 0.6 is 0 Å². The average Bonchev–Trinajstić information content (AvgIpc) is 2.86. The Morgan fingerprint density at radius 3 is 2.33 bits per heavy atom. The number of carboxylic acid groups (broad SMARTS) is 1. The Labute approximate surface area is 129 Å².